The highest BCUT2D eigenvalue weighted by atomic mass is 32.2. The van der Waals surface area contributed by atoms with Crippen LogP contribution in [0.1, 0.15) is 45.1 Å². The summed E-state index contributed by atoms with van der Waals surface area (Å²) in [6, 6.07) is 19.7. The van der Waals surface area contributed by atoms with E-state index in [-0.39, 0.29) is 6.04 Å². The first-order chi connectivity index (χ1) is 13.4. The van der Waals surface area contributed by atoms with Gasteiger partial charge in [0.05, 0.1) is 11.4 Å². The zero-order valence-electron chi connectivity index (χ0n) is 16.6. The van der Waals surface area contributed by atoms with Crippen molar-refractivity contribution in [2.45, 2.75) is 63.5 Å². The van der Waals surface area contributed by atoms with E-state index >= 15 is 0 Å². The minimum Gasteiger partial charge on any atom is -0.489 e. The van der Waals surface area contributed by atoms with Crippen LogP contribution in [0.4, 0.5) is 0 Å². The first-order valence-electron chi connectivity index (χ1n) is 9.79. The molecule has 5 nitrogen and oxygen atoms in total. The number of ether oxygens (including phenoxy) is 1. The maximum absolute atomic E-state index is 11.5. The Balaban J connectivity index is 0.000000200. The first kappa shape index (κ1) is 22.4. The second kappa shape index (κ2) is 11.2. The topological polar surface area (TPSA) is 75.6 Å². The fraction of sp³-hybridized carbons (Fsp3) is 0.455. The third-order valence-electron chi connectivity index (χ3n) is 4.66. The molecule has 2 atom stereocenters. The molecule has 0 radical (unpaired) electrons. The third kappa shape index (κ3) is 7.62. The van der Waals surface area contributed by atoms with Crippen LogP contribution in [0.5, 0.6) is 5.75 Å². The lowest BCUT2D eigenvalue weighted by Gasteiger charge is -2.28. The lowest BCUT2D eigenvalue weighted by atomic mass is 9.93. The smallest absolute Gasteiger partial charge is 0.214 e. The van der Waals surface area contributed by atoms with E-state index in [0.717, 1.165) is 25.0 Å². The van der Waals surface area contributed by atoms with Crippen molar-refractivity contribution in [1.82, 2.24) is 4.72 Å². The molecule has 1 aliphatic carbocycles. The average molecular weight is 406 g/mol. The average Bonchev–Trinajstić information content (AvgIpc) is 2.70. The van der Waals surface area contributed by atoms with Crippen molar-refractivity contribution in [3.8, 4) is 5.75 Å². The Bertz CT molecular complexity index is 739. The predicted octanol–water partition coefficient (Wildman–Crippen LogP) is 3.88. The van der Waals surface area contributed by atoms with Crippen LogP contribution < -0.4 is 9.46 Å². The lowest BCUT2D eigenvalue weighted by molar-refractivity contribution is 0.101. The minimum absolute atomic E-state index is 0.281. The van der Waals surface area contributed by atoms with E-state index in [1.165, 1.54) is 5.56 Å². The molecule has 1 fully saturated rings. The van der Waals surface area contributed by atoms with E-state index in [2.05, 4.69) is 16.9 Å². The number of aliphatic hydroxyl groups excluding tert-OH is 1. The summed E-state index contributed by atoms with van der Waals surface area (Å²) in [6.07, 6.45) is 2.90. The van der Waals surface area contributed by atoms with Gasteiger partial charge in [0.1, 0.15) is 12.4 Å². The molecule has 0 aliphatic heterocycles. The van der Waals surface area contributed by atoms with E-state index in [1.807, 2.05) is 48.5 Å². The van der Waals surface area contributed by atoms with E-state index in [1.54, 1.807) is 13.8 Å². The number of hydrogen-bond acceptors (Lipinski definition) is 4. The fourth-order valence-electron chi connectivity index (χ4n) is 2.85. The van der Waals surface area contributed by atoms with Gasteiger partial charge in [-0.25, -0.2) is 13.1 Å². The van der Waals surface area contributed by atoms with Crippen molar-refractivity contribution in [3.63, 3.8) is 0 Å². The van der Waals surface area contributed by atoms with Crippen molar-refractivity contribution in [2.75, 3.05) is 0 Å². The number of sulfonamides is 1. The molecule has 2 aromatic carbocycles. The number of hydrogen-bond donors (Lipinski definition) is 2. The van der Waals surface area contributed by atoms with Crippen molar-refractivity contribution in [2.24, 2.45) is 0 Å². The summed E-state index contributed by atoms with van der Waals surface area (Å²) < 4.78 is 31.2. The molecule has 0 amide bonds. The van der Waals surface area contributed by atoms with Gasteiger partial charge in [0.2, 0.25) is 10.0 Å². The normalized spacial score (nSPS) is 19.6. The van der Waals surface area contributed by atoms with Crippen LogP contribution in [0.25, 0.3) is 0 Å². The summed E-state index contributed by atoms with van der Waals surface area (Å²) >= 11 is 0. The summed E-state index contributed by atoms with van der Waals surface area (Å²) in [6.45, 7) is 3.90. The van der Waals surface area contributed by atoms with Gasteiger partial charge >= 0.3 is 0 Å². The highest BCUT2D eigenvalue weighted by Gasteiger charge is 2.28. The molecule has 2 aromatic rings. The Labute approximate surface area is 168 Å². The number of para-hydroxylation sites is 1. The van der Waals surface area contributed by atoms with Crippen LogP contribution in [0.15, 0.2) is 60.7 Å². The maximum Gasteiger partial charge on any atom is 0.214 e. The maximum atomic E-state index is 11.5. The molecule has 0 aromatic heterocycles. The summed E-state index contributed by atoms with van der Waals surface area (Å²) in [5, 5.41) is 9.15. The zero-order valence-corrected chi connectivity index (χ0v) is 17.4. The van der Waals surface area contributed by atoms with Gasteiger partial charge in [-0.2, -0.15) is 0 Å². The molecule has 0 bridgehead atoms. The van der Waals surface area contributed by atoms with Gasteiger partial charge in [-0.3, -0.25) is 0 Å². The highest BCUT2D eigenvalue weighted by Crippen LogP contribution is 2.19. The fourth-order valence-corrected chi connectivity index (χ4v) is 3.82. The molecule has 0 saturated heterocycles. The number of benzene rings is 2. The van der Waals surface area contributed by atoms with Gasteiger partial charge in [-0.05, 0) is 44.4 Å². The first-order valence-corrected chi connectivity index (χ1v) is 11.3. The molecule has 0 unspecified atom stereocenters. The molecular weight excluding hydrogens is 374 g/mol. The zero-order chi connectivity index (χ0) is 20.4. The molecule has 28 heavy (non-hydrogen) atoms. The molecule has 2 N–H and O–H groups in total. The Hall–Kier alpha value is -1.89. The predicted molar refractivity (Wildman–Crippen MR) is 113 cm³/mol. The Kier molecular flexibility index (Phi) is 8.96. The molecule has 3 rings (SSSR count). The van der Waals surface area contributed by atoms with Crippen molar-refractivity contribution in [1.29, 1.82) is 0 Å². The van der Waals surface area contributed by atoms with Crippen molar-refractivity contribution in [3.05, 3.63) is 66.2 Å². The molecule has 0 heterocycles. The van der Waals surface area contributed by atoms with Gasteiger partial charge in [0, 0.05) is 6.04 Å². The Morgan fingerprint density at radius 1 is 1.00 bits per heavy atom. The van der Waals surface area contributed by atoms with Gasteiger partial charge in [0.15, 0.2) is 0 Å². The summed E-state index contributed by atoms with van der Waals surface area (Å²) in [4.78, 5) is 0. The summed E-state index contributed by atoms with van der Waals surface area (Å²) in [5.41, 5.74) is 1.19. The second-order valence-electron chi connectivity index (χ2n) is 7.26. The highest BCUT2D eigenvalue weighted by molar-refractivity contribution is 7.90. The van der Waals surface area contributed by atoms with E-state index in [0.29, 0.717) is 13.0 Å². The van der Waals surface area contributed by atoms with Crippen LogP contribution in [0, 0.1) is 0 Å². The van der Waals surface area contributed by atoms with Crippen LogP contribution in [-0.4, -0.2) is 30.9 Å². The van der Waals surface area contributed by atoms with Crippen molar-refractivity contribution < 1.29 is 18.3 Å². The summed E-state index contributed by atoms with van der Waals surface area (Å²) in [5.74, 6) is 0.913. The molecule has 1 saturated carbocycles. The number of rotatable bonds is 6. The van der Waals surface area contributed by atoms with Crippen LogP contribution in [-0.2, 0) is 16.6 Å². The molecular formula is C22H31NO4S. The van der Waals surface area contributed by atoms with Crippen LogP contribution >= 0.6 is 0 Å². The number of aliphatic hydroxyl groups is 1. The van der Waals surface area contributed by atoms with E-state index in [9.17, 15) is 13.5 Å². The third-order valence-corrected chi connectivity index (χ3v) is 6.53. The largest absolute Gasteiger partial charge is 0.489 e. The molecule has 1 aliphatic rings. The van der Waals surface area contributed by atoms with E-state index in [4.69, 9.17) is 4.74 Å². The van der Waals surface area contributed by atoms with Gasteiger partial charge in [-0.15, -0.1) is 0 Å². The van der Waals surface area contributed by atoms with E-state index < -0.39 is 21.4 Å². The minimum atomic E-state index is -3.24. The van der Waals surface area contributed by atoms with Gasteiger partial charge < -0.3 is 9.84 Å². The SMILES string of the molecule is CC(C)S(=O)(=O)N[C@H]1CCCC[C@@H]1O.c1ccc(COc2ccccc2)cc1. The monoisotopic (exact) mass is 405 g/mol. The van der Waals surface area contributed by atoms with Crippen molar-refractivity contribution >= 4 is 10.0 Å². The number of nitrogens with one attached hydrogen (secondary N) is 1. The van der Waals surface area contributed by atoms with Gasteiger partial charge in [0.25, 0.3) is 0 Å². The quantitative estimate of drug-likeness (QED) is 0.765. The Morgan fingerprint density at radius 3 is 2.14 bits per heavy atom. The molecule has 6 heteroatoms. The Morgan fingerprint density at radius 2 is 1.57 bits per heavy atom. The summed E-state index contributed by atoms with van der Waals surface area (Å²) in [7, 11) is -3.24. The lowest BCUT2D eigenvalue weighted by Crippen LogP contribution is -2.47. The molecule has 154 valence electrons. The van der Waals surface area contributed by atoms with Gasteiger partial charge in [-0.1, -0.05) is 61.4 Å². The standard InChI is InChI=1S/C13H12O.C9H19NO3S/c1-3-7-12(8-4-1)11-14-13-9-5-2-6-10-13;1-7(2)14(12,13)10-8-5-3-4-6-9(8)11/h1-10H,11H2;7-11H,3-6H2,1-2H3/t;8-,9-/m.0/s1. The second-order valence-corrected chi connectivity index (χ2v) is 9.53. The molecule has 0 spiro atoms. The van der Waals surface area contributed by atoms with Crippen LogP contribution in [0.2, 0.25) is 0 Å². The van der Waals surface area contributed by atoms with Crippen LogP contribution in [0.3, 0.4) is 0 Å².